The zero-order chi connectivity index (χ0) is 16.8. The minimum Gasteiger partial charge on any atom is -0.476 e. The number of pyridine rings is 1. The number of aromatic nitrogens is 3. The molecule has 2 N–H and O–H groups in total. The first-order valence-electron chi connectivity index (χ1n) is 8.01. The monoisotopic (exact) mass is 385 g/mol. The molecule has 2 aromatic rings. The number of halogens is 2. The van der Waals surface area contributed by atoms with Crippen LogP contribution in [-0.4, -0.2) is 46.9 Å². The van der Waals surface area contributed by atoms with Gasteiger partial charge in [-0.3, -0.25) is 9.48 Å². The van der Waals surface area contributed by atoms with Gasteiger partial charge in [0, 0.05) is 25.0 Å². The topological polar surface area (TPSA) is 81.1 Å². The van der Waals surface area contributed by atoms with Crippen molar-refractivity contribution in [3.63, 3.8) is 0 Å². The van der Waals surface area contributed by atoms with E-state index in [-0.39, 0.29) is 18.3 Å². The van der Waals surface area contributed by atoms with E-state index in [1.165, 1.54) is 6.20 Å². The largest absolute Gasteiger partial charge is 0.476 e. The standard InChI is InChI=1S/C16H20ClN5O2.ClH/c17-12-3-4-15(20-10-12)24-9-7-19-16(23)14-5-8-22(21-14)13-2-1-6-18-11-13;/h3-5,8,10,13,18H,1-2,6-7,9,11H2,(H,19,23);1H. The van der Waals surface area contributed by atoms with E-state index < -0.39 is 0 Å². The third-order valence-electron chi connectivity index (χ3n) is 3.82. The number of nitrogens with zero attached hydrogens (tertiary/aromatic N) is 3. The molecular formula is C16H21Cl2N5O2. The molecule has 136 valence electrons. The van der Waals surface area contributed by atoms with Gasteiger partial charge in [-0.25, -0.2) is 4.98 Å². The highest BCUT2D eigenvalue weighted by Gasteiger charge is 2.17. The number of hydrogen-bond donors (Lipinski definition) is 2. The summed E-state index contributed by atoms with van der Waals surface area (Å²) >= 11 is 5.75. The van der Waals surface area contributed by atoms with Crippen LogP contribution in [0, 0.1) is 0 Å². The fourth-order valence-corrected chi connectivity index (χ4v) is 2.69. The number of rotatable bonds is 6. The van der Waals surface area contributed by atoms with Gasteiger partial charge in [-0.05, 0) is 31.5 Å². The fraction of sp³-hybridized carbons (Fsp3) is 0.438. The van der Waals surface area contributed by atoms with Crippen LogP contribution in [0.5, 0.6) is 5.88 Å². The Morgan fingerprint density at radius 3 is 3.04 bits per heavy atom. The number of nitrogens with one attached hydrogen (secondary N) is 2. The minimum absolute atomic E-state index is 0. The van der Waals surface area contributed by atoms with Crippen molar-refractivity contribution < 1.29 is 9.53 Å². The molecule has 0 spiro atoms. The van der Waals surface area contributed by atoms with Gasteiger partial charge in [0.15, 0.2) is 0 Å². The molecule has 0 aliphatic carbocycles. The Hall–Kier alpha value is -1.83. The van der Waals surface area contributed by atoms with Crippen LogP contribution in [0.3, 0.4) is 0 Å². The smallest absolute Gasteiger partial charge is 0.271 e. The Labute approximate surface area is 157 Å². The molecule has 1 aliphatic rings. The van der Waals surface area contributed by atoms with Crippen molar-refractivity contribution in [3.8, 4) is 5.88 Å². The fourth-order valence-electron chi connectivity index (χ4n) is 2.58. The molecule has 3 heterocycles. The van der Waals surface area contributed by atoms with Crippen LogP contribution in [0.15, 0.2) is 30.6 Å². The summed E-state index contributed by atoms with van der Waals surface area (Å²) in [5, 5.41) is 11.1. The van der Waals surface area contributed by atoms with E-state index in [4.69, 9.17) is 16.3 Å². The van der Waals surface area contributed by atoms with E-state index >= 15 is 0 Å². The third-order valence-corrected chi connectivity index (χ3v) is 4.05. The van der Waals surface area contributed by atoms with Gasteiger partial charge in [-0.2, -0.15) is 5.10 Å². The Morgan fingerprint density at radius 1 is 1.44 bits per heavy atom. The maximum atomic E-state index is 12.1. The SMILES string of the molecule is Cl.O=C(NCCOc1ccc(Cl)cn1)c1ccn(C2CCCNC2)n1. The lowest BCUT2D eigenvalue weighted by Gasteiger charge is -2.22. The first-order chi connectivity index (χ1) is 11.7. The number of ether oxygens (including phenoxy) is 1. The van der Waals surface area contributed by atoms with Crippen LogP contribution >= 0.6 is 24.0 Å². The summed E-state index contributed by atoms with van der Waals surface area (Å²) in [4.78, 5) is 16.1. The van der Waals surface area contributed by atoms with Crippen LogP contribution in [0.1, 0.15) is 29.4 Å². The number of amides is 1. The van der Waals surface area contributed by atoms with Crippen LogP contribution in [0.4, 0.5) is 0 Å². The van der Waals surface area contributed by atoms with Crippen molar-refractivity contribution in [2.45, 2.75) is 18.9 Å². The molecule has 1 aliphatic heterocycles. The van der Waals surface area contributed by atoms with Crippen molar-refractivity contribution in [2.75, 3.05) is 26.2 Å². The maximum Gasteiger partial charge on any atom is 0.271 e. The molecule has 0 saturated carbocycles. The average Bonchev–Trinajstić information content (AvgIpc) is 3.11. The number of piperidine rings is 1. The number of carbonyl (C=O) groups is 1. The van der Waals surface area contributed by atoms with Crippen molar-refractivity contribution >= 4 is 29.9 Å². The van der Waals surface area contributed by atoms with E-state index in [1.54, 1.807) is 18.2 Å². The first kappa shape index (κ1) is 19.5. The molecule has 1 fully saturated rings. The highest BCUT2D eigenvalue weighted by Crippen LogP contribution is 2.15. The second-order valence-electron chi connectivity index (χ2n) is 5.60. The van der Waals surface area contributed by atoms with Gasteiger partial charge in [0.05, 0.1) is 17.6 Å². The van der Waals surface area contributed by atoms with E-state index in [2.05, 4.69) is 20.7 Å². The van der Waals surface area contributed by atoms with Gasteiger partial charge >= 0.3 is 0 Å². The molecular weight excluding hydrogens is 365 g/mol. The molecule has 2 aromatic heterocycles. The molecule has 9 heteroatoms. The summed E-state index contributed by atoms with van der Waals surface area (Å²) in [6.07, 6.45) is 5.59. The maximum absolute atomic E-state index is 12.1. The zero-order valence-corrected chi connectivity index (χ0v) is 15.2. The molecule has 0 bridgehead atoms. The number of hydrogen-bond acceptors (Lipinski definition) is 5. The molecule has 1 saturated heterocycles. The molecule has 1 atom stereocenters. The second-order valence-corrected chi connectivity index (χ2v) is 6.04. The van der Waals surface area contributed by atoms with Crippen LogP contribution in [0.2, 0.25) is 5.02 Å². The van der Waals surface area contributed by atoms with Gasteiger partial charge < -0.3 is 15.4 Å². The molecule has 3 rings (SSSR count). The molecule has 25 heavy (non-hydrogen) atoms. The highest BCUT2D eigenvalue weighted by atomic mass is 35.5. The summed E-state index contributed by atoms with van der Waals surface area (Å²) in [5.41, 5.74) is 0.421. The Kier molecular flexibility index (Phi) is 7.49. The Morgan fingerprint density at radius 2 is 2.32 bits per heavy atom. The minimum atomic E-state index is -0.204. The van der Waals surface area contributed by atoms with E-state index in [0.29, 0.717) is 35.8 Å². The summed E-state index contributed by atoms with van der Waals surface area (Å²) in [6, 6.07) is 5.45. The predicted molar refractivity (Wildman–Crippen MR) is 97.7 cm³/mol. The lowest BCUT2D eigenvalue weighted by atomic mass is 10.1. The van der Waals surface area contributed by atoms with Crippen LogP contribution in [0.25, 0.3) is 0 Å². The average molecular weight is 386 g/mol. The summed E-state index contributed by atoms with van der Waals surface area (Å²) in [5.74, 6) is 0.271. The van der Waals surface area contributed by atoms with Gasteiger partial charge in [0.2, 0.25) is 5.88 Å². The molecule has 0 radical (unpaired) electrons. The highest BCUT2D eigenvalue weighted by molar-refractivity contribution is 6.30. The summed E-state index contributed by atoms with van der Waals surface area (Å²) < 4.78 is 7.30. The van der Waals surface area contributed by atoms with Gasteiger partial charge in [0.1, 0.15) is 12.3 Å². The summed E-state index contributed by atoms with van der Waals surface area (Å²) in [7, 11) is 0. The summed E-state index contributed by atoms with van der Waals surface area (Å²) in [6.45, 7) is 2.65. The van der Waals surface area contributed by atoms with Crippen LogP contribution < -0.4 is 15.4 Å². The Balaban J connectivity index is 0.00000225. The van der Waals surface area contributed by atoms with Crippen molar-refractivity contribution in [1.82, 2.24) is 25.4 Å². The van der Waals surface area contributed by atoms with E-state index in [0.717, 1.165) is 25.9 Å². The van der Waals surface area contributed by atoms with Gasteiger partial charge in [0.25, 0.3) is 5.91 Å². The van der Waals surface area contributed by atoms with Crippen molar-refractivity contribution in [3.05, 3.63) is 41.3 Å². The molecule has 0 aromatic carbocycles. The third kappa shape index (κ3) is 5.59. The predicted octanol–water partition coefficient (Wildman–Crippen LogP) is 2.09. The van der Waals surface area contributed by atoms with E-state index in [9.17, 15) is 4.79 Å². The quantitative estimate of drug-likeness (QED) is 0.744. The van der Waals surface area contributed by atoms with Crippen LogP contribution in [-0.2, 0) is 0 Å². The first-order valence-corrected chi connectivity index (χ1v) is 8.38. The molecule has 1 unspecified atom stereocenters. The zero-order valence-electron chi connectivity index (χ0n) is 13.7. The van der Waals surface area contributed by atoms with Crippen molar-refractivity contribution in [1.29, 1.82) is 0 Å². The Bertz CT molecular complexity index is 671. The lowest BCUT2D eigenvalue weighted by molar-refractivity contribution is 0.0940. The van der Waals surface area contributed by atoms with Gasteiger partial charge in [-0.1, -0.05) is 11.6 Å². The molecule has 1 amide bonds. The van der Waals surface area contributed by atoms with E-state index in [1.807, 2.05) is 10.9 Å². The normalized spacial score (nSPS) is 16.8. The van der Waals surface area contributed by atoms with Crippen molar-refractivity contribution in [2.24, 2.45) is 0 Å². The molecule has 7 nitrogen and oxygen atoms in total. The van der Waals surface area contributed by atoms with Gasteiger partial charge in [-0.15, -0.1) is 12.4 Å². The lowest BCUT2D eigenvalue weighted by Crippen LogP contribution is -2.32. The number of carbonyl (C=O) groups excluding carboxylic acids is 1. The second kappa shape index (κ2) is 9.60.